The predicted molar refractivity (Wildman–Crippen MR) is 90.4 cm³/mol. The molecule has 6 nitrogen and oxygen atoms in total. The number of rotatable bonds is 6. The molecule has 3 rings (SSSR count). The summed E-state index contributed by atoms with van der Waals surface area (Å²) in [5.74, 6) is 0.000383. The lowest BCUT2D eigenvalue weighted by atomic mass is 10.1. The molecular weight excluding hydrogens is 290 g/mol. The van der Waals surface area contributed by atoms with Gasteiger partial charge in [0.2, 0.25) is 5.91 Å². The maximum absolute atomic E-state index is 12.3. The third-order valence-corrected chi connectivity index (χ3v) is 4.18. The van der Waals surface area contributed by atoms with Crippen LogP contribution in [0.15, 0.2) is 36.7 Å². The van der Waals surface area contributed by atoms with E-state index < -0.39 is 0 Å². The van der Waals surface area contributed by atoms with Gasteiger partial charge in [-0.3, -0.25) is 4.79 Å². The Labute approximate surface area is 136 Å². The molecule has 1 aliphatic heterocycles. The molecule has 122 valence electrons. The lowest BCUT2D eigenvalue weighted by Gasteiger charge is -2.23. The van der Waals surface area contributed by atoms with Crippen molar-refractivity contribution in [1.82, 2.24) is 20.6 Å². The smallest absolute Gasteiger partial charge is 0.243 e. The van der Waals surface area contributed by atoms with Gasteiger partial charge in [0.1, 0.15) is 6.04 Å². The van der Waals surface area contributed by atoms with Crippen LogP contribution >= 0.6 is 0 Å². The number of amides is 1. The number of carbonyl (C=O) groups is 1. The third-order valence-electron chi connectivity index (χ3n) is 4.18. The molecule has 3 N–H and O–H groups in total. The molecule has 6 heteroatoms. The van der Waals surface area contributed by atoms with Crippen molar-refractivity contribution in [3.63, 3.8) is 0 Å². The SMILES string of the molecule is CN(CCCNC(=O)C1NCCc2[nH]cnc21)c1ccccc1. The Morgan fingerprint density at radius 1 is 1.39 bits per heavy atom. The average molecular weight is 313 g/mol. The van der Waals surface area contributed by atoms with Gasteiger partial charge in [0, 0.05) is 44.5 Å². The quantitative estimate of drug-likeness (QED) is 0.702. The van der Waals surface area contributed by atoms with Gasteiger partial charge in [-0.1, -0.05) is 18.2 Å². The predicted octanol–water partition coefficient (Wildman–Crippen LogP) is 1.24. The number of aromatic nitrogens is 2. The van der Waals surface area contributed by atoms with E-state index in [0.29, 0.717) is 6.54 Å². The third kappa shape index (κ3) is 3.71. The largest absolute Gasteiger partial charge is 0.375 e. The summed E-state index contributed by atoms with van der Waals surface area (Å²) in [5, 5.41) is 6.24. The molecule has 1 aromatic heterocycles. The highest BCUT2D eigenvalue weighted by atomic mass is 16.2. The van der Waals surface area contributed by atoms with Gasteiger partial charge in [-0.25, -0.2) is 4.98 Å². The first kappa shape index (κ1) is 15.6. The molecule has 0 saturated heterocycles. The van der Waals surface area contributed by atoms with Gasteiger partial charge in [0.15, 0.2) is 0 Å². The summed E-state index contributed by atoms with van der Waals surface area (Å²) >= 11 is 0. The van der Waals surface area contributed by atoms with Gasteiger partial charge in [-0.2, -0.15) is 0 Å². The van der Waals surface area contributed by atoms with Gasteiger partial charge >= 0.3 is 0 Å². The standard InChI is InChI=1S/C17H23N5O/c1-22(13-6-3-2-4-7-13)11-5-9-19-17(23)16-15-14(8-10-18-16)20-12-21-15/h2-4,6-7,12,16,18H,5,8-11H2,1H3,(H,19,23)(H,20,21). The fourth-order valence-electron chi connectivity index (χ4n) is 2.88. The van der Waals surface area contributed by atoms with E-state index in [9.17, 15) is 4.79 Å². The van der Waals surface area contributed by atoms with Crippen LogP contribution in [-0.4, -0.2) is 42.6 Å². The number of nitrogens with zero attached hydrogens (tertiary/aromatic N) is 2. The Bertz CT molecular complexity index is 639. The number of benzene rings is 1. The van der Waals surface area contributed by atoms with Gasteiger partial charge in [0.05, 0.1) is 12.0 Å². The van der Waals surface area contributed by atoms with Crippen LogP contribution in [0.3, 0.4) is 0 Å². The van der Waals surface area contributed by atoms with Crippen molar-refractivity contribution in [1.29, 1.82) is 0 Å². The number of para-hydroxylation sites is 1. The van der Waals surface area contributed by atoms with Crippen LogP contribution in [0.5, 0.6) is 0 Å². The Kier molecular flexibility index (Phi) is 4.92. The van der Waals surface area contributed by atoms with Crippen LogP contribution in [0, 0.1) is 0 Å². The van der Waals surface area contributed by atoms with Crippen molar-refractivity contribution in [2.75, 3.05) is 31.6 Å². The van der Waals surface area contributed by atoms with Crippen LogP contribution in [-0.2, 0) is 11.2 Å². The lowest BCUT2D eigenvalue weighted by molar-refractivity contribution is -0.123. The van der Waals surface area contributed by atoms with E-state index in [-0.39, 0.29) is 11.9 Å². The molecule has 1 unspecified atom stereocenters. The summed E-state index contributed by atoms with van der Waals surface area (Å²) in [6, 6.07) is 9.91. The Balaban J connectivity index is 1.44. The molecule has 0 spiro atoms. The van der Waals surface area contributed by atoms with Gasteiger partial charge in [-0.05, 0) is 18.6 Å². The van der Waals surface area contributed by atoms with Crippen molar-refractivity contribution in [3.05, 3.63) is 48.0 Å². The first-order valence-corrected chi connectivity index (χ1v) is 8.05. The van der Waals surface area contributed by atoms with Crippen LogP contribution in [0.4, 0.5) is 5.69 Å². The molecule has 0 fully saturated rings. The first-order chi connectivity index (χ1) is 11.3. The highest BCUT2D eigenvalue weighted by Crippen LogP contribution is 2.19. The maximum Gasteiger partial charge on any atom is 0.243 e. The number of fused-ring (bicyclic) bond motifs is 1. The van der Waals surface area contributed by atoms with E-state index in [1.54, 1.807) is 6.33 Å². The van der Waals surface area contributed by atoms with Gasteiger partial charge < -0.3 is 20.5 Å². The molecule has 0 bridgehead atoms. The number of nitrogens with one attached hydrogen (secondary N) is 3. The fraction of sp³-hybridized carbons (Fsp3) is 0.412. The highest BCUT2D eigenvalue weighted by molar-refractivity contribution is 5.83. The molecule has 1 atom stereocenters. The van der Waals surface area contributed by atoms with E-state index in [2.05, 4.69) is 44.7 Å². The number of imidazole rings is 1. The average Bonchev–Trinajstić information content (AvgIpc) is 3.07. The molecule has 23 heavy (non-hydrogen) atoms. The topological polar surface area (TPSA) is 73.1 Å². The minimum absolute atomic E-state index is 0.000383. The second-order valence-corrected chi connectivity index (χ2v) is 5.81. The van der Waals surface area contributed by atoms with E-state index in [0.717, 1.165) is 37.3 Å². The summed E-state index contributed by atoms with van der Waals surface area (Å²) in [6.07, 6.45) is 3.45. The molecule has 2 aromatic rings. The second kappa shape index (κ2) is 7.28. The zero-order chi connectivity index (χ0) is 16.1. The van der Waals surface area contributed by atoms with Crippen LogP contribution in [0.2, 0.25) is 0 Å². The molecule has 0 saturated carbocycles. The number of hydrogen-bond donors (Lipinski definition) is 3. The molecule has 1 aromatic carbocycles. The lowest BCUT2D eigenvalue weighted by Crippen LogP contribution is -2.42. The Hall–Kier alpha value is -2.34. The number of hydrogen-bond acceptors (Lipinski definition) is 4. The minimum atomic E-state index is -0.336. The summed E-state index contributed by atoms with van der Waals surface area (Å²) < 4.78 is 0. The zero-order valence-corrected chi connectivity index (χ0v) is 13.4. The van der Waals surface area contributed by atoms with Crippen LogP contribution in [0.1, 0.15) is 23.9 Å². The summed E-state index contributed by atoms with van der Waals surface area (Å²) in [6.45, 7) is 2.36. The Morgan fingerprint density at radius 3 is 3.04 bits per heavy atom. The van der Waals surface area contributed by atoms with Crippen LogP contribution < -0.4 is 15.5 Å². The van der Waals surface area contributed by atoms with Crippen LogP contribution in [0.25, 0.3) is 0 Å². The zero-order valence-electron chi connectivity index (χ0n) is 13.4. The minimum Gasteiger partial charge on any atom is -0.375 e. The maximum atomic E-state index is 12.3. The van der Waals surface area contributed by atoms with E-state index in [1.807, 2.05) is 18.2 Å². The van der Waals surface area contributed by atoms with Crippen molar-refractivity contribution in [2.45, 2.75) is 18.9 Å². The molecule has 1 aliphatic rings. The fourth-order valence-corrected chi connectivity index (χ4v) is 2.88. The summed E-state index contributed by atoms with van der Waals surface area (Å²) in [4.78, 5) is 21.9. The van der Waals surface area contributed by atoms with Crippen molar-refractivity contribution in [2.24, 2.45) is 0 Å². The monoisotopic (exact) mass is 313 g/mol. The number of anilines is 1. The first-order valence-electron chi connectivity index (χ1n) is 8.05. The highest BCUT2D eigenvalue weighted by Gasteiger charge is 2.27. The summed E-state index contributed by atoms with van der Waals surface area (Å²) in [7, 11) is 2.07. The van der Waals surface area contributed by atoms with E-state index in [4.69, 9.17) is 0 Å². The number of H-pyrrole nitrogens is 1. The molecular formula is C17H23N5O. The van der Waals surface area contributed by atoms with Crippen molar-refractivity contribution >= 4 is 11.6 Å². The van der Waals surface area contributed by atoms with E-state index in [1.165, 1.54) is 5.69 Å². The number of carbonyl (C=O) groups excluding carboxylic acids is 1. The van der Waals surface area contributed by atoms with Crippen molar-refractivity contribution < 1.29 is 4.79 Å². The molecule has 1 amide bonds. The van der Waals surface area contributed by atoms with Gasteiger partial charge in [0.25, 0.3) is 0 Å². The molecule has 0 radical (unpaired) electrons. The summed E-state index contributed by atoms with van der Waals surface area (Å²) in [5.41, 5.74) is 3.08. The van der Waals surface area contributed by atoms with E-state index >= 15 is 0 Å². The Morgan fingerprint density at radius 2 is 2.22 bits per heavy atom. The number of aromatic amines is 1. The normalized spacial score (nSPS) is 16.7. The second-order valence-electron chi connectivity index (χ2n) is 5.81. The molecule has 2 heterocycles. The molecule has 0 aliphatic carbocycles. The van der Waals surface area contributed by atoms with Crippen molar-refractivity contribution in [3.8, 4) is 0 Å². The van der Waals surface area contributed by atoms with Gasteiger partial charge in [-0.15, -0.1) is 0 Å².